The Labute approximate surface area is 166 Å². The minimum Gasteiger partial charge on any atom is -0.494 e. The molecule has 0 unspecified atom stereocenters. The molecule has 8 heteroatoms. The number of aromatic nitrogens is 1. The SMILES string of the molecule is COc1ccc(CN2CCN(Cn3c(=O)oc4cc(Cl)ccc43)CC2)cc1F. The van der Waals surface area contributed by atoms with Gasteiger partial charge in [0.15, 0.2) is 17.1 Å². The van der Waals surface area contributed by atoms with E-state index in [1.807, 2.05) is 6.07 Å². The molecule has 2 aromatic carbocycles. The van der Waals surface area contributed by atoms with E-state index in [0.29, 0.717) is 23.8 Å². The Morgan fingerprint density at radius 3 is 2.57 bits per heavy atom. The van der Waals surface area contributed by atoms with Gasteiger partial charge in [0.1, 0.15) is 0 Å². The van der Waals surface area contributed by atoms with Crippen molar-refractivity contribution in [2.75, 3.05) is 33.3 Å². The lowest BCUT2D eigenvalue weighted by Crippen LogP contribution is -2.47. The molecule has 6 nitrogen and oxygen atoms in total. The zero-order chi connectivity index (χ0) is 19.7. The van der Waals surface area contributed by atoms with Crippen molar-refractivity contribution in [3.05, 3.63) is 63.4 Å². The molecule has 0 spiro atoms. The zero-order valence-electron chi connectivity index (χ0n) is 15.5. The van der Waals surface area contributed by atoms with E-state index in [2.05, 4.69) is 9.80 Å². The average Bonchev–Trinajstić information content (AvgIpc) is 2.98. The molecule has 0 aliphatic carbocycles. The number of hydrogen-bond donors (Lipinski definition) is 0. The highest BCUT2D eigenvalue weighted by atomic mass is 35.5. The molecule has 0 amide bonds. The number of hydrogen-bond acceptors (Lipinski definition) is 5. The normalized spacial score (nSPS) is 16.0. The van der Waals surface area contributed by atoms with Crippen LogP contribution in [0.1, 0.15) is 5.56 Å². The number of methoxy groups -OCH3 is 1. The van der Waals surface area contributed by atoms with Gasteiger partial charge in [0.25, 0.3) is 0 Å². The van der Waals surface area contributed by atoms with Gasteiger partial charge in [0, 0.05) is 43.8 Å². The Morgan fingerprint density at radius 2 is 1.86 bits per heavy atom. The van der Waals surface area contributed by atoms with E-state index in [0.717, 1.165) is 37.3 Å². The Morgan fingerprint density at radius 1 is 1.11 bits per heavy atom. The van der Waals surface area contributed by atoms with Gasteiger partial charge in [-0.15, -0.1) is 0 Å². The van der Waals surface area contributed by atoms with Gasteiger partial charge in [-0.1, -0.05) is 17.7 Å². The summed E-state index contributed by atoms with van der Waals surface area (Å²) in [5.41, 5.74) is 2.16. The molecule has 148 valence electrons. The second-order valence-corrected chi connectivity index (χ2v) is 7.35. The molecule has 4 rings (SSSR count). The summed E-state index contributed by atoms with van der Waals surface area (Å²) < 4.78 is 25.7. The molecule has 0 bridgehead atoms. The van der Waals surface area contributed by atoms with Crippen LogP contribution in [0.4, 0.5) is 4.39 Å². The van der Waals surface area contributed by atoms with Gasteiger partial charge in [-0.25, -0.2) is 9.18 Å². The first-order chi connectivity index (χ1) is 13.5. The maximum Gasteiger partial charge on any atom is 0.421 e. The van der Waals surface area contributed by atoms with Crippen molar-refractivity contribution in [3.8, 4) is 5.75 Å². The van der Waals surface area contributed by atoms with Crippen molar-refractivity contribution in [2.45, 2.75) is 13.2 Å². The van der Waals surface area contributed by atoms with Crippen molar-refractivity contribution in [2.24, 2.45) is 0 Å². The third kappa shape index (κ3) is 3.92. The molecule has 0 saturated carbocycles. The van der Waals surface area contributed by atoms with Gasteiger partial charge in [0.2, 0.25) is 0 Å². The van der Waals surface area contributed by atoms with E-state index < -0.39 is 0 Å². The summed E-state index contributed by atoms with van der Waals surface area (Å²) in [6, 6.07) is 10.3. The van der Waals surface area contributed by atoms with E-state index in [4.69, 9.17) is 20.8 Å². The predicted octanol–water partition coefficient (Wildman–Crippen LogP) is 3.17. The lowest BCUT2D eigenvalue weighted by Gasteiger charge is -2.34. The number of fused-ring (bicyclic) bond motifs is 1. The number of ether oxygens (including phenoxy) is 1. The Bertz CT molecular complexity index is 1040. The second kappa shape index (κ2) is 7.95. The van der Waals surface area contributed by atoms with E-state index in [1.165, 1.54) is 13.2 Å². The maximum atomic E-state index is 13.9. The molecule has 0 radical (unpaired) electrons. The van der Waals surface area contributed by atoms with Crippen molar-refractivity contribution in [3.63, 3.8) is 0 Å². The van der Waals surface area contributed by atoms with Crippen molar-refractivity contribution in [1.82, 2.24) is 14.4 Å². The van der Waals surface area contributed by atoms with Crippen LogP contribution in [-0.2, 0) is 13.2 Å². The van der Waals surface area contributed by atoms with E-state index in [1.54, 1.807) is 28.8 Å². The van der Waals surface area contributed by atoms with Crippen LogP contribution in [0.3, 0.4) is 0 Å². The quantitative estimate of drug-likeness (QED) is 0.652. The summed E-state index contributed by atoms with van der Waals surface area (Å²) in [4.78, 5) is 16.7. The third-order valence-corrected chi connectivity index (χ3v) is 5.29. The topological polar surface area (TPSA) is 50.9 Å². The molecule has 1 aliphatic heterocycles. The standard InChI is InChI=1S/C20H21ClFN3O3/c1-27-18-5-2-14(10-16(18)22)12-23-6-8-24(9-7-23)13-25-17-4-3-15(21)11-19(17)28-20(25)26/h2-5,10-11H,6-9,12-13H2,1H3. The van der Waals surface area contributed by atoms with Crippen LogP contribution in [0.2, 0.25) is 5.02 Å². The number of halogens is 2. The van der Waals surface area contributed by atoms with Crippen LogP contribution < -0.4 is 10.5 Å². The molecule has 0 atom stereocenters. The Hall–Kier alpha value is -2.35. The highest BCUT2D eigenvalue weighted by Crippen LogP contribution is 2.20. The number of nitrogens with zero attached hydrogens (tertiary/aromatic N) is 3. The second-order valence-electron chi connectivity index (χ2n) is 6.91. The lowest BCUT2D eigenvalue weighted by molar-refractivity contribution is 0.102. The Kier molecular flexibility index (Phi) is 5.39. The zero-order valence-corrected chi connectivity index (χ0v) is 16.3. The molecule has 1 saturated heterocycles. The molecule has 28 heavy (non-hydrogen) atoms. The largest absolute Gasteiger partial charge is 0.494 e. The number of rotatable bonds is 5. The minimum atomic E-state index is -0.381. The summed E-state index contributed by atoms with van der Waals surface area (Å²) in [6.45, 7) is 4.45. The van der Waals surface area contributed by atoms with Crippen LogP contribution in [0, 0.1) is 5.82 Å². The predicted molar refractivity (Wildman–Crippen MR) is 105 cm³/mol. The van der Waals surface area contributed by atoms with Gasteiger partial charge in [-0.05, 0) is 29.8 Å². The molecule has 1 aromatic heterocycles. The van der Waals surface area contributed by atoms with E-state index in [9.17, 15) is 9.18 Å². The fourth-order valence-corrected chi connectivity index (χ4v) is 3.69. The van der Waals surface area contributed by atoms with Gasteiger partial charge in [-0.3, -0.25) is 14.4 Å². The summed E-state index contributed by atoms with van der Waals surface area (Å²) in [5, 5.41) is 0.539. The molecular formula is C20H21ClFN3O3. The molecule has 0 N–H and O–H groups in total. The first-order valence-corrected chi connectivity index (χ1v) is 9.47. The summed E-state index contributed by atoms with van der Waals surface area (Å²) in [7, 11) is 1.46. The minimum absolute atomic E-state index is 0.257. The highest BCUT2D eigenvalue weighted by Gasteiger charge is 2.20. The van der Waals surface area contributed by atoms with Gasteiger partial charge >= 0.3 is 5.76 Å². The molecular weight excluding hydrogens is 385 g/mol. The third-order valence-electron chi connectivity index (χ3n) is 5.06. The summed E-state index contributed by atoms with van der Waals surface area (Å²) >= 11 is 5.96. The first kappa shape index (κ1) is 19.0. The van der Waals surface area contributed by atoms with Crippen molar-refractivity contribution in [1.29, 1.82) is 0 Å². The van der Waals surface area contributed by atoms with Crippen LogP contribution in [-0.4, -0.2) is 47.7 Å². The Balaban J connectivity index is 1.38. The lowest BCUT2D eigenvalue weighted by atomic mass is 10.2. The summed E-state index contributed by atoms with van der Waals surface area (Å²) in [6.07, 6.45) is 0. The number of piperazine rings is 1. The van der Waals surface area contributed by atoms with Gasteiger partial charge < -0.3 is 9.15 Å². The van der Waals surface area contributed by atoms with Crippen LogP contribution >= 0.6 is 11.6 Å². The summed E-state index contributed by atoms with van der Waals surface area (Å²) in [5.74, 6) is -0.467. The maximum absolute atomic E-state index is 13.9. The monoisotopic (exact) mass is 405 g/mol. The molecule has 2 heterocycles. The average molecular weight is 406 g/mol. The van der Waals surface area contributed by atoms with Crippen molar-refractivity contribution >= 4 is 22.7 Å². The first-order valence-electron chi connectivity index (χ1n) is 9.09. The van der Waals surface area contributed by atoms with Gasteiger partial charge in [0.05, 0.1) is 19.3 Å². The van der Waals surface area contributed by atoms with Gasteiger partial charge in [-0.2, -0.15) is 0 Å². The molecule has 3 aromatic rings. The van der Waals surface area contributed by atoms with E-state index in [-0.39, 0.29) is 17.3 Å². The van der Waals surface area contributed by atoms with Crippen LogP contribution in [0.25, 0.3) is 11.1 Å². The fourth-order valence-electron chi connectivity index (χ4n) is 3.53. The smallest absolute Gasteiger partial charge is 0.421 e. The molecule has 1 fully saturated rings. The highest BCUT2D eigenvalue weighted by molar-refractivity contribution is 6.31. The fraction of sp³-hybridized carbons (Fsp3) is 0.350. The number of benzene rings is 2. The van der Waals surface area contributed by atoms with Crippen molar-refractivity contribution < 1.29 is 13.5 Å². The van der Waals surface area contributed by atoms with Crippen LogP contribution in [0.15, 0.2) is 45.6 Å². The number of oxazole rings is 1. The molecule has 1 aliphatic rings. The van der Waals surface area contributed by atoms with E-state index >= 15 is 0 Å². The van der Waals surface area contributed by atoms with Crippen LogP contribution in [0.5, 0.6) is 5.75 Å².